The molecule has 0 radical (unpaired) electrons. The molecule has 4 aromatic rings. The zero-order valence-corrected chi connectivity index (χ0v) is 19.1. The first kappa shape index (κ1) is 22.1. The van der Waals surface area contributed by atoms with E-state index in [1.807, 2.05) is 47.0 Å². The van der Waals surface area contributed by atoms with Crippen molar-refractivity contribution in [2.24, 2.45) is 11.6 Å². The zero-order valence-electron chi connectivity index (χ0n) is 19.1. The minimum atomic E-state index is -0.0783. The molecule has 1 fully saturated rings. The minimum absolute atomic E-state index is 0.0783. The number of amidine groups is 1. The van der Waals surface area contributed by atoms with Gasteiger partial charge in [0, 0.05) is 35.1 Å². The number of hydrogen-bond donors (Lipinski definition) is 5. The fourth-order valence-electron chi connectivity index (χ4n) is 4.98. The summed E-state index contributed by atoms with van der Waals surface area (Å²) in [6.07, 6.45) is 3.67. The SMILES string of the molecule is N=C(NN)c1ccc2cc(C(=O)N[C@H]3CC[C@H](N)CC3)n(Cc3cccc4ccccc34)c2c1. The number of carbonyl (C=O) groups is 1. The van der Waals surface area contributed by atoms with E-state index in [0.29, 0.717) is 17.8 Å². The maximum Gasteiger partial charge on any atom is 0.268 e. The molecule has 0 saturated heterocycles. The minimum Gasteiger partial charge on any atom is -0.348 e. The number of hydrogen-bond acceptors (Lipinski definition) is 4. The first-order valence-corrected chi connectivity index (χ1v) is 11.8. The van der Waals surface area contributed by atoms with E-state index in [4.69, 9.17) is 17.0 Å². The molecule has 174 valence electrons. The molecule has 3 aromatic carbocycles. The first-order chi connectivity index (χ1) is 16.5. The Labute approximate surface area is 198 Å². The van der Waals surface area contributed by atoms with E-state index >= 15 is 0 Å². The number of nitrogens with one attached hydrogen (secondary N) is 3. The van der Waals surface area contributed by atoms with Gasteiger partial charge < -0.3 is 21.0 Å². The molecule has 7 N–H and O–H groups in total. The van der Waals surface area contributed by atoms with Crippen LogP contribution in [0.1, 0.15) is 47.3 Å². The number of nitrogens with zero attached hydrogens (tertiary/aromatic N) is 1. The Bertz CT molecular complexity index is 1360. The van der Waals surface area contributed by atoms with Gasteiger partial charge >= 0.3 is 0 Å². The average molecular weight is 455 g/mol. The average Bonchev–Trinajstić information content (AvgIpc) is 3.23. The summed E-state index contributed by atoms with van der Waals surface area (Å²) in [5, 5.41) is 14.6. The largest absolute Gasteiger partial charge is 0.348 e. The van der Waals surface area contributed by atoms with Crippen LogP contribution >= 0.6 is 0 Å². The van der Waals surface area contributed by atoms with Gasteiger partial charge in [-0.15, -0.1) is 0 Å². The smallest absolute Gasteiger partial charge is 0.268 e. The Kier molecular flexibility index (Phi) is 6.04. The molecule has 7 nitrogen and oxygen atoms in total. The van der Waals surface area contributed by atoms with Crippen molar-refractivity contribution >= 4 is 33.4 Å². The van der Waals surface area contributed by atoms with Gasteiger partial charge in [0.15, 0.2) is 0 Å². The van der Waals surface area contributed by atoms with E-state index in [-0.39, 0.29) is 23.8 Å². The van der Waals surface area contributed by atoms with E-state index in [1.165, 1.54) is 0 Å². The maximum absolute atomic E-state index is 13.5. The standard InChI is InChI=1S/C27H30N6O/c28-21-10-12-22(13-11-21)31-27(34)25-14-18-8-9-19(26(29)32-30)15-24(18)33(25)16-20-6-3-5-17-4-1-2-7-23(17)20/h1-9,14-15,21-22H,10-13,16,28,30H2,(H2,29,32)(H,31,34)/t21-,22-. The number of amides is 1. The van der Waals surface area contributed by atoms with E-state index in [0.717, 1.165) is 52.9 Å². The molecule has 0 aliphatic heterocycles. The van der Waals surface area contributed by atoms with Crippen LogP contribution in [-0.2, 0) is 6.54 Å². The second-order valence-corrected chi connectivity index (χ2v) is 9.13. The van der Waals surface area contributed by atoms with Gasteiger partial charge in [0.1, 0.15) is 11.5 Å². The van der Waals surface area contributed by atoms with Crippen molar-refractivity contribution in [3.63, 3.8) is 0 Å². The first-order valence-electron chi connectivity index (χ1n) is 11.8. The van der Waals surface area contributed by atoms with E-state index < -0.39 is 0 Å². The monoisotopic (exact) mass is 454 g/mol. The highest BCUT2D eigenvalue weighted by Crippen LogP contribution is 2.27. The van der Waals surface area contributed by atoms with Crippen LogP contribution in [0.25, 0.3) is 21.7 Å². The number of aromatic nitrogens is 1. The van der Waals surface area contributed by atoms with E-state index in [2.05, 4.69) is 35.0 Å². The second-order valence-electron chi connectivity index (χ2n) is 9.13. The van der Waals surface area contributed by atoms with Crippen molar-refractivity contribution in [3.05, 3.63) is 83.6 Å². The highest BCUT2D eigenvalue weighted by atomic mass is 16.2. The van der Waals surface area contributed by atoms with Crippen LogP contribution in [0.4, 0.5) is 0 Å². The van der Waals surface area contributed by atoms with Crippen LogP contribution in [0.5, 0.6) is 0 Å². The molecule has 1 aliphatic carbocycles. The third-order valence-electron chi connectivity index (χ3n) is 6.89. The summed E-state index contributed by atoms with van der Waals surface area (Å²) in [4.78, 5) is 13.5. The van der Waals surface area contributed by atoms with Crippen molar-refractivity contribution < 1.29 is 4.79 Å². The number of benzene rings is 3. The molecule has 7 heteroatoms. The summed E-state index contributed by atoms with van der Waals surface area (Å²) < 4.78 is 2.05. The lowest BCUT2D eigenvalue weighted by molar-refractivity contribution is 0.0917. The van der Waals surface area contributed by atoms with Gasteiger partial charge in [0.2, 0.25) is 0 Å². The number of hydrazine groups is 1. The van der Waals surface area contributed by atoms with Gasteiger partial charge in [0.05, 0.1) is 0 Å². The fourth-order valence-corrected chi connectivity index (χ4v) is 4.98. The normalized spacial score (nSPS) is 18.2. The summed E-state index contributed by atoms with van der Waals surface area (Å²) in [7, 11) is 0. The van der Waals surface area contributed by atoms with Gasteiger partial charge in [-0.1, -0.05) is 54.6 Å². The van der Waals surface area contributed by atoms with Gasteiger partial charge in [-0.2, -0.15) is 0 Å². The van der Waals surface area contributed by atoms with Crippen molar-refractivity contribution in [1.82, 2.24) is 15.3 Å². The van der Waals surface area contributed by atoms with Gasteiger partial charge in [-0.25, -0.2) is 5.84 Å². The highest BCUT2D eigenvalue weighted by Gasteiger charge is 2.23. The molecule has 0 bridgehead atoms. The summed E-state index contributed by atoms with van der Waals surface area (Å²) in [6, 6.07) is 22.5. The number of carbonyl (C=O) groups excluding carboxylic acids is 1. The Morgan fingerprint density at radius 2 is 1.74 bits per heavy atom. The van der Waals surface area contributed by atoms with Crippen LogP contribution in [0.15, 0.2) is 66.7 Å². The van der Waals surface area contributed by atoms with Crippen molar-refractivity contribution in [3.8, 4) is 0 Å². The number of rotatable bonds is 5. The van der Waals surface area contributed by atoms with E-state index in [1.54, 1.807) is 0 Å². The van der Waals surface area contributed by atoms with Crippen molar-refractivity contribution in [2.75, 3.05) is 0 Å². The Hall–Kier alpha value is -3.68. The van der Waals surface area contributed by atoms with Gasteiger partial charge in [0.25, 0.3) is 5.91 Å². The van der Waals surface area contributed by atoms with Crippen LogP contribution in [0.3, 0.4) is 0 Å². The lowest BCUT2D eigenvalue weighted by atomic mass is 9.92. The summed E-state index contributed by atoms with van der Waals surface area (Å²) >= 11 is 0. The lowest BCUT2D eigenvalue weighted by Gasteiger charge is -2.27. The molecule has 1 heterocycles. The summed E-state index contributed by atoms with van der Waals surface area (Å²) in [5.41, 5.74) is 11.8. The van der Waals surface area contributed by atoms with Gasteiger partial charge in [-0.3, -0.25) is 10.2 Å². The number of nitrogens with two attached hydrogens (primary N) is 2. The second kappa shape index (κ2) is 9.29. The lowest BCUT2D eigenvalue weighted by Crippen LogP contribution is -2.41. The van der Waals surface area contributed by atoms with Gasteiger partial charge in [-0.05, 0) is 54.2 Å². The summed E-state index contributed by atoms with van der Waals surface area (Å²) in [6.45, 7) is 0.538. The molecule has 1 amide bonds. The van der Waals surface area contributed by atoms with Crippen LogP contribution in [-0.4, -0.2) is 28.4 Å². The molecule has 1 saturated carbocycles. The van der Waals surface area contributed by atoms with Crippen LogP contribution in [0.2, 0.25) is 0 Å². The highest BCUT2D eigenvalue weighted by molar-refractivity contribution is 6.03. The fraction of sp³-hybridized carbons (Fsp3) is 0.259. The molecule has 0 spiro atoms. The zero-order chi connectivity index (χ0) is 23.7. The Morgan fingerprint density at radius 3 is 2.53 bits per heavy atom. The van der Waals surface area contributed by atoms with Crippen LogP contribution in [0, 0.1) is 5.41 Å². The maximum atomic E-state index is 13.5. The van der Waals surface area contributed by atoms with Crippen LogP contribution < -0.4 is 22.3 Å². The molecule has 0 unspecified atom stereocenters. The Balaban J connectivity index is 1.57. The molecule has 0 atom stereocenters. The predicted octanol–water partition coefficient (Wildman–Crippen LogP) is 3.63. The molecular formula is C27H30N6O. The molecule has 1 aliphatic rings. The van der Waals surface area contributed by atoms with Crippen molar-refractivity contribution in [2.45, 2.75) is 44.3 Å². The molecular weight excluding hydrogens is 424 g/mol. The third-order valence-corrected chi connectivity index (χ3v) is 6.89. The van der Waals surface area contributed by atoms with E-state index in [9.17, 15) is 4.79 Å². The Morgan fingerprint density at radius 1 is 0.971 bits per heavy atom. The molecule has 5 rings (SSSR count). The quantitative estimate of drug-likeness (QED) is 0.137. The van der Waals surface area contributed by atoms with Crippen molar-refractivity contribution in [1.29, 1.82) is 5.41 Å². The predicted molar refractivity (Wildman–Crippen MR) is 137 cm³/mol. The third kappa shape index (κ3) is 4.27. The summed E-state index contributed by atoms with van der Waals surface area (Å²) in [5.74, 6) is 5.54. The number of fused-ring (bicyclic) bond motifs is 2. The molecule has 34 heavy (non-hydrogen) atoms. The topological polar surface area (TPSA) is 122 Å². The molecule has 1 aromatic heterocycles.